The van der Waals surface area contributed by atoms with Crippen molar-refractivity contribution in [2.75, 3.05) is 13.1 Å². The molecule has 1 aliphatic carbocycles. The van der Waals surface area contributed by atoms with E-state index in [-0.39, 0.29) is 11.5 Å². The molecule has 6 heteroatoms. The molecular formula is C20H25N3O2S. The van der Waals surface area contributed by atoms with Gasteiger partial charge in [0.2, 0.25) is 10.0 Å². The molecule has 0 bridgehead atoms. The lowest BCUT2D eigenvalue weighted by Gasteiger charge is -2.53. The molecule has 1 atom stereocenters. The Labute approximate surface area is 155 Å². The number of likely N-dealkylation sites (tertiary alicyclic amines) is 1. The highest BCUT2D eigenvalue weighted by Crippen LogP contribution is 2.49. The topological polar surface area (TPSA) is 62.3 Å². The van der Waals surface area contributed by atoms with Crippen LogP contribution in [-0.4, -0.2) is 37.4 Å². The Hall–Kier alpha value is -1.76. The minimum absolute atomic E-state index is 0.0599. The smallest absolute Gasteiger partial charge is 0.240 e. The molecule has 4 rings (SSSR count). The second-order valence-electron chi connectivity index (χ2n) is 7.49. The van der Waals surface area contributed by atoms with Gasteiger partial charge in [-0.1, -0.05) is 24.3 Å². The van der Waals surface area contributed by atoms with Crippen LogP contribution < -0.4 is 4.72 Å². The SMILES string of the molecule is O=S(=O)(N[C@H]1CCC12CCN(Cc1ccccn1)CC2)c1ccccc1. The fourth-order valence-corrected chi connectivity index (χ4v) is 5.61. The second kappa shape index (κ2) is 7.10. The van der Waals surface area contributed by atoms with E-state index in [1.165, 1.54) is 0 Å². The average molecular weight is 372 g/mol. The van der Waals surface area contributed by atoms with Crippen LogP contribution in [0.4, 0.5) is 0 Å². The highest BCUT2D eigenvalue weighted by atomic mass is 32.2. The fraction of sp³-hybridized carbons (Fsp3) is 0.450. The lowest BCUT2D eigenvalue weighted by atomic mass is 9.59. The van der Waals surface area contributed by atoms with Crippen LogP contribution in [0.3, 0.4) is 0 Å². The first-order valence-electron chi connectivity index (χ1n) is 9.27. The van der Waals surface area contributed by atoms with Crippen molar-refractivity contribution >= 4 is 10.0 Å². The molecule has 2 aromatic rings. The van der Waals surface area contributed by atoms with E-state index in [9.17, 15) is 8.42 Å². The number of pyridine rings is 1. The Morgan fingerprint density at radius 1 is 1.04 bits per heavy atom. The summed E-state index contributed by atoms with van der Waals surface area (Å²) in [5, 5.41) is 0. The number of hydrogen-bond donors (Lipinski definition) is 1. The van der Waals surface area contributed by atoms with Gasteiger partial charge in [-0.2, -0.15) is 0 Å². The van der Waals surface area contributed by atoms with Crippen molar-refractivity contribution in [2.24, 2.45) is 5.41 Å². The standard InChI is InChI=1S/C20H25N3O2S/c24-26(25,18-7-2-1-3-8-18)22-19-9-10-20(19)11-14-23(15-12-20)16-17-6-4-5-13-21-17/h1-8,13,19,22H,9-12,14-16H2/t19-/m0/s1. The quantitative estimate of drug-likeness (QED) is 0.878. The van der Waals surface area contributed by atoms with E-state index in [0.717, 1.165) is 51.0 Å². The minimum atomic E-state index is -3.43. The van der Waals surface area contributed by atoms with Crippen LogP contribution >= 0.6 is 0 Å². The molecule has 0 unspecified atom stereocenters. The summed E-state index contributed by atoms with van der Waals surface area (Å²) in [5.74, 6) is 0. The first kappa shape index (κ1) is 17.6. The van der Waals surface area contributed by atoms with E-state index in [1.807, 2.05) is 24.4 Å². The molecule has 1 aliphatic heterocycles. The van der Waals surface area contributed by atoms with E-state index in [2.05, 4.69) is 20.7 Å². The molecule has 2 heterocycles. The Morgan fingerprint density at radius 2 is 1.77 bits per heavy atom. The van der Waals surface area contributed by atoms with E-state index >= 15 is 0 Å². The van der Waals surface area contributed by atoms with Gasteiger partial charge in [0.25, 0.3) is 0 Å². The molecule has 1 saturated carbocycles. The van der Waals surface area contributed by atoms with Crippen molar-refractivity contribution in [3.8, 4) is 0 Å². The lowest BCUT2D eigenvalue weighted by molar-refractivity contribution is 0.000386. The number of piperidine rings is 1. The highest BCUT2D eigenvalue weighted by molar-refractivity contribution is 7.89. The number of aromatic nitrogens is 1. The molecule has 2 fully saturated rings. The Morgan fingerprint density at radius 3 is 2.38 bits per heavy atom. The zero-order chi connectivity index (χ0) is 18.0. The van der Waals surface area contributed by atoms with Gasteiger partial charge in [-0.3, -0.25) is 9.88 Å². The van der Waals surface area contributed by atoms with Crippen molar-refractivity contribution in [1.29, 1.82) is 0 Å². The third kappa shape index (κ3) is 3.54. The summed E-state index contributed by atoms with van der Waals surface area (Å²) in [7, 11) is -3.43. The van der Waals surface area contributed by atoms with Crippen molar-refractivity contribution in [1.82, 2.24) is 14.6 Å². The monoisotopic (exact) mass is 371 g/mol. The summed E-state index contributed by atoms with van der Waals surface area (Å²) < 4.78 is 28.2. The van der Waals surface area contributed by atoms with Crippen molar-refractivity contribution < 1.29 is 8.42 Å². The maximum absolute atomic E-state index is 12.6. The summed E-state index contributed by atoms with van der Waals surface area (Å²) in [5.41, 5.74) is 1.22. The van der Waals surface area contributed by atoms with Gasteiger partial charge < -0.3 is 0 Å². The van der Waals surface area contributed by atoms with Crippen LogP contribution in [0.15, 0.2) is 59.6 Å². The Kier molecular flexibility index (Phi) is 4.82. The van der Waals surface area contributed by atoms with Gasteiger partial charge in [0.1, 0.15) is 0 Å². The van der Waals surface area contributed by atoms with Crippen LogP contribution in [0.5, 0.6) is 0 Å². The zero-order valence-electron chi connectivity index (χ0n) is 14.8. The summed E-state index contributed by atoms with van der Waals surface area (Å²) in [6, 6.07) is 14.8. The average Bonchev–Trinajstić information content (AvgIpc) is 2.68. The molecule has 1 spiro atoms. The molecular weight excluding hydrogens is 346 g/mol. The van der Waals surface area contributed by atoms with Gasteiger partial charge in [-0.15, -0.1) is 0 Å². The summed E-state index contributed by atoms with van der Waals surface area (Å²) in [6.07, 6.45) is 5.98. The number of sulfonamides is 1. The third-order valence-corrected chi connectivity index (χ3v) is 7.47. The summed E-state index contributed by atoms with van der Waals surface area (Å²) >= 11 is 0. The number of hydrogen-bond acceptors (Lipinski definition) is 4. The first-order valence-corrected chi connectivity index (χ1v) is 10.8. The molecule has 1 N–H and O–H groups in total. The van der Waals surface area contributed by atoms with Crippen molar-refractivity contribution in [3.63, 3.8) is 0 Å². The Balaban J connectivity index is 1.37. The fourth-order valence-electron chi connectivity index (χ4n) is 4.21. The van der Waals surface area contributed by atoms with Crippen LogP contribution in [0.25, 0.3) is 0 Å². The minimum Gasteiger partial charge on any atom is -0.297 e. The van der Waals surface area contributed by atoms with Gasteiger partial charge in [0.05, 0.1) is 10.6 Å². The normalized spacial score (nSPS) is 22.8. The van der Waals surface area contributed by atoms with E-state index in [1.54, 1.807) is 24.3 Å². The second-order valence-corrected chi connectivity index (χ2v) is 9.20. The number of nitrogens with one attached hydrogen (secondary N) is 1. The van der Waals surface area contributed by atoms with Crippen LogP contribution in [0.2, 0.25) is 0 Å². The Bertz CT molecular complexity index is 832. The molecule has 2 aliphatic rings. The molecule has 1 aromatic heterocycles. The molecule has 138 valence electrons. The van der Waals surface area contributed by atoms with Crippen molar-refractivity contribution in [3.05, 3.63) is 60.4 Å². The van der Waals surface area contributed by atoms with Crippen LogP contribution in [-0.2, 0) is 16.6 Å². The van der Waals surface area contributed by atoms with Gasteiger partial charge in [-0.05, 0) is 68.5 Å². The van der Waals surface area contributed by atoms with Gasteiger partial charge in [-0.25, -0.2) is 13.1 Å². The number of rotatable bonds is 5. The van der Waals surface area contributed by atoms with Crippen molar-refractivity contribution in [2.45, 2.75) is 43.2 Å². The summed E-state index contributed by atoms with van der Waals surface area (Å²) in [4.78, 5) is 7.19. The molecule has 1 aromatic carbocycles. The zero-order valence-corrected chi connectivity index (χ0v) is 15.7. The third-order valence-electron chi connectivity index (χ3n) is 5.98. The lowest BCUT2D eigenvalue weighted by Crippen LogP contribution is -2.58. The highest BCUT2D eigenvalue weighted by Gasteiger charge is 2.49. The van der Waals surface area contributed by atoms with Gasteiger partial charge in [0.15, 0.2) is 0 Å². The van der Waals surface area contributed by atoms with E-state index < -0.39 is 10.0 Å². The first-order chi connectivity index (χ1) is 12.6. The molecule has 0 radical (unpaired) electrons. The molecule has 1 saturated heterocycles. The maximum atomic E-state index is 12.6. The molecule has 0 amide bonds. The van der Waals surface area contributed by atoms with Gasteiger partial charge >= 0.3 is 0 Å². The number of benzene rings is 1. The van der Waals surface area contributed by atoms with Crippen LogP contribution in [0, 0.1) is 5.41 Å². The van der Waals surface area contributed by atoms with Crippen LogP contribution in [0.1, 0.15) is 31.4 Å². The molecule has 26 heavy (non-hydrogen) atoms. The maximum Gasteiger partial charge on any atom is 0.240 e. The van der Waals surface area contributed by atoms with E-state index in [4.69, 9.17) is 0 Å². The van der Waals surface area contributed by atoms with E-state index in [0.29, 0.717) is 4.90 Å². The molecule has 5 nitrogen and oxygen atoms in total. The predicted octanol–water partition coefficient (Wildman–Crippen LogP) is 2.80. The number of nitrogens with zero attached hydrogens (tertiary/aromatic N) is 2. The predicted molar refractivity (Wildman–Crippen MR) is 101 cm³/mol. The largest absolute Gasteiger partial charge is 0.297 e. The summed E-state index contributed by atoms with van der Waals surface area (Å²) in [6.45, 7) is 2.87. The van der Waals surface area contributed by atoms with Gasteiger partial charge in [0, 0.05) is 18.8 Å².